The highest BCUT2D eigenvalue weighted by molar-refractivity contribution is 7.89. The molecule has 1 heterocycles. The van der Waals surface area contributed by atoms with E-state index >= 15 is 0 Å². The standard InChI is InChI=1S/C21H26N2O4S/c1-21(2,3)27-20(24)23(28(25,26)18-10-5-4-6-11-18)17-13-14-22-19-12-8-7-9-16(19)15-17/h4-12,17,22H,13-15H2,1-3H3. The van der Waals surface area contributed by atoms with E-state index in [9.17, 15) is 13.2 Å². The van der Waals surface area contributed by atoms with Crippen molar-refractivity contribution in [3.8, 4) is 0 Å². The average Bonchev–Trinajstić information content (AvgIpc) is 2.83. The van der Waals surface area contributed by atoms with Gasteiger partial charge in [-0.3, -0.25) is 0 Å². The van der Waals surface area contributed by atoms with E-state index in [1.807, 2.05) is 24.3 Å². The van der Waals surface area contributed by atoms with Gasteiger partial charge in [0.25, 0.3) is 10.0 Å². The lowest BCUT2D eigenvalue weighted by atomic mass is 10.0. The summed E-state index contributed by atoms with van der Waals surface area (Å²) in [7, 11) is -4.06. The monoisotopic (exact) mass is 402 g/mol. The number of carbonyl (C=O) groups is 1. The Kier molecular flexibility index (Phi) is 5.65. The van der Waals surface area contributed by atoms with E-state index < -0.39 is 27.8 Å². The van der Waals surface area contributed by atoms with Crippen LogP contribution in [0.3, 0.4) is 0 Å². The van der Waals surface area contributed by atoms with Gasteiger partial charge in [0.1, 0.15) is 5.60 Å². The van der Waals surface area contributed by atoms with Gasteiger partial charge in [-0.15, -0.1) is 0 Å². The van der Waals surface area contributed by atoms with Crippen LogP contribution in [0.15, 0.2) is 59.5 Å². The molecule has 3 rings (SSSR count). The Hall–Kier alpha value is -2.54. The van der Waals surface area contributed by atoms with E-state index in [2.05, 4.69) is 5.32 Å². The topological polar surface area (TPSA) is 75.7 Å². The summed E-state index contributed by atoms with van der Waals surface area (Å²) < 4.78 is 33.2. The molecule has 6 nitrogen and oxygen atoms in total. The fraction of sp³-hybridized carbons (Fsp3) is 0.381. The highest BCUT2D eigenvalue weighted by atomic mass is 32.2. The van der Waals surface area contributed by atoms with Crippen molar-refractivity contribution in [1.82, 2.24) is 4.31 Å². The molecule has 0 saturated carbocycles. The number of rotatable bonds is 3. The molecule has 1 aliphatic heterocycles. The van der Waals surface area contributed by atoms with Crippen LogP contribution in [0.1, 0.15) is 32.8 Å². The molecule has 0 fully saturated rings. The SMILES string of the molecule is CC(C)(C)OC(=O)N(C1CCNc2ccccc2C1)S(=O)(=O)c1ccccc1. The van der Waals surface area contributed by atoms with Gasteiger partial charge in [0, 0.05) is 12.2 Å². The molecule has 1 aliphatic rings. The molecule has 1 N–H and O–H groups in total. The fourth-order valence-electron chi connectivity index (χ4n) is 3.26. The molecule has 0 spiro atoms. The zero-order valence-corrected chi connectivity index (χ0v) is 17.2. The second-order valence-electron chi connectivity index (χ2n) is 7.82. The van der Waals surface area contributed by atoms with Crippen molar-refractivity contribution >= 4 is 21.8 Å². The molecule has 0 aliphatic carbocycles. The van der Waals surface area contributed by atoms with Crippen LogP contribution in [0.5, 0.6) is 0 Å². The van der Waals surface area contributed by atoms with Gasteiger partial charge in [-0.2, -0.15) is 4.31 Å². The molecule has 2 aromatic rings. The Bertz CT molecular complexity index is 936. The molecule has 2 aromatic carbocycles. The van der Waals surface area contributed by atoms with Crippen LogP contribution in [-0.4, -0.2) is 37.0 Å². The summed E-state index contributed by atoms with van der Waals surface area (Å²) in [5.74, 6) is 0. The molecule has 28 heavy (non-hydrogen) atoms. The molecular formula is C21H26N2O4S. The Morgan fingerprint density at radius 3 is 2.39 bits per heavy atom. The van der Waals surface area contributed by atoms with Crippen LogP contribution in [-0.2, 0) is 21.2 Å². The van der Waals surface area contributed by atoms with E-state index in [1.165, 1.54) is 12.1 Å². The average molecular weight is 403 g/mol. The van der Waals surface area contributed by atoms with E-state index in [0.717, 1.165) is 15.6 Å². The molecule has 0 bridgehead atoms. The minimum atomic E-state index is -4.06. The molecule has 0 saturated heterocycles. The second kappa shape index (κ2) is 7.83. The number of amides is 1. The summed E-state index contributed by atoms with van der Waals surface area (Å²) in [5.41, 5.74) is 1.13. The highest BCUT2D eigenvalue weighted by Crippen LogP contribution is 2.29. The van der Waals surface area contributed by atoms with Crippen LogP contribution < -0.4 is 5.32 Å². The fourth-order valence-corrected chi connectivity index (χ4v) is 4.79. The van der Waals surface area contributed by atoms with Crippen LogP contribution in [0.2, 0.25) is 0 Å². The van der Waals surface area contributed by atoms with E-state index in [4.69, 9.17) is 4.74 Å². The maximum Gasteiger partial charge on any atom is 0.424 e. The first-order chi connectivity index (χ1) is 13.2. The molecule has 150 valence electrons. The summed E-state index contributed by atoms with van der Waals surface area (Å²) in [6, 6.07) is 15.2. The Morgan fingerprint density at radius 1 is 1.07 bits per heavy atom. The zero-order valence-electron chi connectivity index (χ0n) is 16.4. The van der Waals surface area contributed by atoms with Crippen molar-refractivity contribution in [3.05, 3.63) is 60.2 Å². The molecule has 1 amide bonds. The van der Waals surface area contributed by atoms with Gasteiger partial charge in [0.05, 0.1) is 10.9 Å². The quantitative estimate of drug-likeness (QED) is 0.839. The highest BCUT2D eigenvalue weighted by Gasteiger charge is 2.39. The summed E-state index contributed by atoms with van der Waals surface area (Å²) in [6.07, 6.45) is 0.0646. The summed E-state index contributed by atoms with van der Waals surface area (Å²) in [6.45, 7) is 5.73. The number of para-hydroxylation sites is 1. The number of benzene rings is 2. The van der Waals surface area contributed by atoms with Crippen LogP contribution in [0.25, 0.3) is 0 Å². The van der Waals surface area contributed by atoms with Crippen molar-refractivity contribution in [2.45, 2.75) is 50.2 Å². The predicted molar refractivity (Wildman–Crippen MR) is 109 cm³/mol. The van der Waals surface area contributed by atoms with Crippen LogP contribution in [0, 0.1) is 0 Å². The van der Waals surface area contributed by atoms with Gasteiger partial charge >= 0.3 is 6.09 Å². The van der Waals surface area contributed by atoms with Crippen LogP contribution >= 0.6 is 0 Å². The minimum absolute atomic E-state index is 0.0753. The molecule has 7 heteroatoms. The number of fused-ring (bicyclic) bond motifs is 1. The lowest BCUT2D eigenvalue weighted by molar-refractivity contribution is 0.0335. The number of hydrogen-bond donors (Lipinski definition) is 1. The third-order valence-corrected chi connectivity index (χ3v) is 6.30. The first-order valence-electron chi connectivity index (χ1n) is 9.33. The third kappa shape index (κ3) is 4.47. The maximum atomic E-state index is 13.4. The lowest BCUT2D eigenvalue weighted by Crippen LogP contribution is -2.48. The first kappa shape index (κ1) is 20.2. The summed E-state index contributed by atoms with van der Waals surface area (Å²) in [5, 5.41) is 3.31. The number of carbonyl (C=O) groups excluding carboxylic acids is 1. The first-order valence-corrected chi connectivity index (χ1v) is 10.8. The van der Waals surface area contributed by atoms with Crippen molar-refractivity contribution in [2.75, 3.05) is 11.9 Å². The molecule has 0 radical (unpaired) electrons. The maximum absolute atomic E-state index is 13.4. The predicted octanol–water partition coefficient (Wildman–Crippen LogP) is 4.04. The number of hydrogen-bond acceptors (Lipinski definition) is 5. The Balaban J connectivity index is 2.03. The summed E-state index contributed by atoms with van der Waals surface area (Å²) >= 11 is 0. The lowest BCUT2D eigenvalue weighted by Gasteiger charge is -2.32. The Labute approximate surface area is 166 Å². The normalized spacial score (nSPS) is 17.0. The number of nitrogens with zero attached hydrogens (tertiary/aromatic N) is 1. The number of nitrogens with one attached hydrogen (secondary N) is 1. The van der Waals surface area contributed by atoms with Gasteiger partial charge in [-0.1, -0.05) is 36.4 Å². The smallest absolute Gasteiger partial charge is 0.424 e. The summed E-state index contributed by atoms with van der Waals surface area (Å²) in [4.78, 5) is 13.1. The van der Waals surface area contributed by atoms with E-state index in [0.29, 0.717) is 19.4 Å². The van der Waals surface area contributed by atoms with Crippen molar-refractivity contribution < 1.29 is 17.9 Å². The molecule has 1 atom stereocenters. The van der Waals surface area contributed by atoms with Gasteiger partial charge in [0.15, 0.2) is 0 Å². The Morgan fingerprint density at radius 2 is 1.71 bits per heavy atom. The largest absolute Gasteiger partial charge is 0.443 e. The van der Waals surface area contributed by atoms with Crippen LogP contribution in [0.4, 0.5) is 10.5 Å². The second-order valence-corrected chi connectivity index (χ2v) is 9.64. The third-order valence-electron chi connectivity index (χ3n) is 4.47. The van der Waals surface area contributed by atoms with Gasteiger partial charge in [0.2, 0.25) is 0 Å². The molecule has 0 aromatic heterocycles. The van der Waals surface area contributed by atoms with E-state index in [-0.39, 0.29) is 4.90 Å². The van der Waals surface area contributed by atoms with E-state index in [1.54, 1.807) is 39.0 Å². The van der Waals surface area contributed by atoms with Gasteiger partial charge in [-0.05, 0) is 57.4 Å². The zero-order chi connectivity index (χ0) is 20.4. The van der Waals surface area contributed by atoms with Gasteiger partial charge in [-0.25, -0.2) is 13.2 Å². The van der Waals surface area contributed by atoms with Crippen molar-refractivity contribution in [2.24, 2.45) is 0 Å². The molecule has 1 unspecified atom stereocenters. The number of anilines is 1. The molecular weight excluding hydrogens is 376 g/mol. The minimum Gasteiger partial charge on any atom is -0.443 e. The van der Waals surface area contributed by atoms with Crippen molar-refractivity contribution in [3.63, 3.8) is 0 Å². The van der Waals surface area contributed by atoms with Crippen molar-refractivity contribution in [1.29, 1.82) is 0 Å². The van der Waals surface area contributed by atoms with Gasteiger partial charge < -0.3 is 10.1 Å². The number of ether oxygens (including phenoxy) is 1. The number of sulfonamides is 1.